The molecule has 0 bridgehead atoms. The molecule has 5 nitrogen and oxygen atoms in total. The lowest BCUT2D eigenvalue weighted by atomic mass is 10.2. The summed E-state index contributed by atoms with van der Waals surface area (Å²) in [5.41, 5.74) is 0.232. The molecule has 0 unspecified atom stereocenters. The van der Waals surface area contributed by atoms with E-state index in [0.717, 1.165) is 0 Å². The Balaban J connectivity index is 2.44. The van der Waals surface area contributed by atoms with Crippen molar-refractivity contribution in [3.05, 3.63) is 39.1 Å². The first-order chi connectivity index (χ1) is 8.97. The minimum absolute atomic E-state index is 0.0193. The van der Waals surface area contributed by atoms with Crippen molar-refractivity contribution in [1.82, 2.24) is 9.97 Å². The van der Waals surface area contributed by atoms with E-state index in [4.69, 9.17) is 4.74 Å². The second kappa shape index (κ2) is 5.44. The molecule has 2 rings (SSSR count). The Hall–Kier alpha value is -1.82. The Labute approximate surface area is 118 Å². The number of nitrogens with one attached hydrogen (secondary N) is 1. The third-order valence-electron chi connectivity index (χ3n) is 2.32. The fraction of sp³-hybridized carbons (Fsp3) is 0.231. The molecule has 0 radical (unpaired) electrons. The van der Waals surface area contributed by atoms with Crippen molar-refractivity contribution in [2.45, 2.75) is 20.0 Å². The van der Waals surface area contributed by atoms with Crippen molar-refractivity contribution < 1.29 is 9.84 Å². The number of hydrogen-bond donors (Lipinski definition) is 2. The van der Waals surface area contributed by atoms with Crippen LogP contribution in [0.3, 0.4) is 0 Å². The summed E-state index contributed by atoms with van der Waals surface area (Å²) < 4.78 is 5.59. The number of aromatic amines is 1. The highest BCUT2D eigenvalue weighted by Gasteiger charge is 2.10. The minimum Gasteiger partial charge on any atom is -0.492 e. The number of benzene rings is 1. The van der Waals surface area contributed by atoms with Crippen LogP contribution in [0.4, 0.5) is 0 Å². The van der Waals surface area contributed by atoms with Crippen molar-refractivity contribution in [2.24, 2.45) is 0 Å². The van der Waals surface area contributed by atoms with Gasteiger partial charge in [-0.05, 0) is 41.9 Å². The van der Waals surface area contributed by atoms with Crippen LogP contribution in [-0.2, 0) is 0 Å². The molecule has 1 aromatic heterocycles. The van der Waals surface area contributed by atoms with Gasteiger partial charge in [-0.15, -0.1) is 0 Å². The average molecular weight is 325 g/mol. The molecule has 0 aliphatic rings. The van der Waals surface area contributed by atoms with Gasteiger partial charge in [-0.3, -0.25) is 4.79 Å². The van der Waals surface area contributed by atoms with E-state index in [1.54, 1.807) is 18.2 Å². The van der Waals surface area contributed by atoms with Crippen LogP contribution in [0.5, 0.6) is 11.6 Å². The van der Waals surface area contributed by atoms with Gasteiger partial charge >= 0.3 is 0 Å². The van der Waals surface area contributed by atoms with Crippen molar-refractivity contribution in [1.29, 1.82) is 0 Å². The van der Waals surface area contributed by atoms with Crippen LogP contribution in [0.1, 0.15) is 13.8 Å². The summed E-state index contributed by atoms with van der Waals surface area (Å²) in [6.45, 7) is 3.86. The summed E-state index contributed by atoms with van der Waals surface area (Å²) in [5.74, 6) is 0.631. The number of halogens is 1. The fourth-order valence-corrected chi connectivity index (χ4v) is 1.76. The summed E-state index contributed by atoms with van der Waals surface area (Å²) in [5, 5.41) is 9.55. The van der Waals surface area contributed by atoms with Crippen LogP contribution in [0.15, 0.2) is 33.5 Å². The number of rotatable bonds is 3. The van der Waals surface area contributed by atoms with E-state index in [0.29, 0.717) is 17.1 Å². The van der Waals surface area contributed by atoms with Gasteiger partial charge in [0.25, 0.3) is 5.56 Å². The highest BCUT2D eigenvalue weighted by molar-refractivity contribution is 9.10. The second-order valence-electron chi connectivity index (χ2n) is 4.25. The van der Waals surface area contributed by atoms with Crippen molar-refractivity contribution in [3.63, 3.8) is 0 Å². The van der Waals surface area contributed by atoms with E-state index in [-0.39, 0.29) is 16.5 Å². The van der Waals surface area contributed by atoms with Crippen LogP contribution in [0.25, 0.3) is 11.4 Å². The Morgan fingerprint density at radius 2 is 2.16 bits per heavy atom. The number of H-pyrrole nitrogens is 1. The maximum Gasteiger partial charge on any atom is 0.269 e. The molecule has 0 aliphatic heterocycles. The summed E-state index contributed by atoms with van der Waals surface area (Å²) in [7, 11) is 0. The van der Waals surface area contributed by atoms with E-state index >= 15 is 0 Å². The third kappa shape index (κ3) is 3.14. The number of aromatic nitrogens is 2. The topological polar surface area (TPSA) is 75.2 Å². The van der Waals surface area contributed by atoms with E-state index in [2.05, 4.69) is 25.9 Å². The number of nitrogens with zero attached hydrogens (tertiary/aromatic N) is 1. The first kappa shape index (κ1) is 13.6. The monoisotopic (exact) mass is 324 g/mol. The second-order valence-corrected chi connectivity index (χ2v) is 5.04. The van der Waals surface area contributed by atoms with Gasteiger partial charge in [-0.2, -0.15) is 4.98 Å². The van der Waals surface area contributed by atoms with Crippen LogP contribution in [0, 0.1) is 0 Å². The Morgan fingerprint density at radius 1 is 1.42 bits per heavy atom. The van der Waals surface area contributed by atoms with Crippen molar-refractivity contribution in [2.75, 3.05) is 0 Å². The summed E-state index contributed by atoms with van der Waals surface area (Å²) in [6, 6.07) is 7.15. The van der Waals surface area contributed by atoms with Crippen molar-refractivity contribution in [3.8, 4) is 23.0 Å². The molecule has 6 heteroatoms. The van der Waals surface area contributed by atoms with Crippen LogP contribution < -0.4 is 10.3 Å². The molecule has 0 atom stereocenters. The summed E-state index contributed by atoms with van der Waals surface area (Å²) in [4.78, 5) is 18.1. The summed E-state index contributed by atoms with van der Waals surface area (Å²) >= 11 is 2.95. The predicted molar refractivity (Wildman–Crippen MR) is 75.4 cm³/mol. The predicted octanol–water partition coefficient (Wildman–Crippen LogP) is 2.69. The molecular weight excluding hydrogens is 312 g/mol. The van der Waals surface area contributed by atoms with E-state index in [9.17, 15) is 9.90 Å². The summed E-state index contributed by atoms with van der Waals surface area (Å²) in [6.07, 6.45) is 0.0561. The Kier molecular flexibility index (Phi) is 3.90. The Morgan fingerprint density at radius 3 is 2.79 bits per heavy atom. The highest BCUT2D eigenvalue weighted by atomic mass is 79.9. The molecule has 2 N–H and O–H groups in total. The van der Waals surface area contributed by atoms with Gasteiger partial charge < -0.3 is 14.8 Å². The minimum atomic E-state index is -0.433. The van der Waals surface area contributed by atoms with Gasteiger partial charge in [-0.25, -0.2) is 0 Å². The third-order valence-corrected chi connectivity index (χ3v) is 3.04. The van der Waals surface area contributed by atoms with Gasteiger partial charge in [0.1, 0.15) is 16.0 Å². The highest BCUT2D eigenvalue weighted by Crippen LogP contribution is 2.24. The van der Waals surface area contributed by atoms with Crippen molar-refractivity contribution >= 4 is 15.9 Å². The molecule has 100 valence electrons. The van der Waals surface area contributed by atoms with Gasteiger partial charge in [0, 0.05) is 5.56 Å². The average Bonchev–Trinajstić information content (AvgIpc) is 2.35. The molecule has 0 saturated heterocycles. The van der Waals surface area contributed by atoms with Gasteiger partial charge in [0.2, 0.25) is 5.88 Å². The first-order valence-corrected chi connectivity index (χ1v) is 6.52. The maximum atomic E-state index is 11.6. The molecule has 0 saturated carbocycles. The van der Waals surface area contributed by atoms with Gasteiger partial charge in [-0.1, -0.05) is 12.1 Å². The smallest absolute Gasteiger partial charge is 0.269 e. The van der Waals surface area contributed by atoms with E-state index < -0.39 is 5.56 Å². The van der Waals surface area contributed by atoms with E-state index in [1.807, 2.05) is 19.9 Å². The molecule has 1 aromatic carbocycles. The van der Waals surface area contributed by atoms with Gasteiger partial charge in [0.15, 0.2) is 0 Å². The number of ether oxygens (including phenoxy) is 1. The lowest BCUT2D eigenvalue weighted by Gasteiger charge is -2.10. The number of hydrogen-bond acceptors (Lipinski definition) is 4. The molecule has 0 fully saturated rings. The molecule has 1 heterocycles. The van der Waals surface area contributed by atoms with Crippen LogP contribution in [0.2, 0.25) is 0 Å². The zero-order chi connectivity index (χ0) is 14.0. The fourth-order valence-electron chi connectivity index (χ4n) is 1.57. The Bertz CT molecular complexity index is 653. The quantitative estimate of drug-likeness (QED) is 0.910. The normalized spacial score (nSPS) is 10.7. The van der Waals surface area contributed by atoms with Crippen LogP contribution >= 0.6 is 15.9 Å². The largest absolute Gasteiger partial charge is 0.492 e. The SMILES string of the molecule is CC(C)Oc1cccc(-c2nc(O)c(Br)c(=O)[nH]2)c1. The number of aromatic hydroxyl groups is 1. The van der Waals surface area contributed by atoms with E-state index in [1.165, 1.54) is 0 Å². The molecule has 0 aliphatic carbocycles. The standard InChI is InChI=1S/C13H13BrN2O3/c1-7(2)19-9-5-3-4-8(6-9)11-15-12(17)10(14)13(18)16-11/h3-7H,1-2H3,(H2,15,16,17,18). The van der Waals surface area contributed by atoms with Gasteiger partial charge in [0.05, 0.1) is 6.10 Å². The lowest BCUT2D eigenvalue weighted by molar-refractivity contribution is 0.242. The maximum absolute atomic E-state index is 11.6. The zero-order valence-corrected chi connectivity index (χ0v) is 12.1. The van der Waals surface area contributed by atoms with Crippen LogP contribution in [-0.4, -0.2) is 21.2 Å². The zero-order valence-electron chi connectivity index (χ0n) is 10.5. The molecule has 0 amide bonds. The molecule has 19 heavy (non-hydrogen) atoms. The molecular formula is C13H13BrN2O3. The lowest BCUT2D eigenvalue weighted by Crippen LogP contribution is -2.10. The molecule has 2 aromatic rings. The first-order valence-electron chi connectivity index (χ1n) is 5.73. The molecule has 0 spiro atoms.